The third-order valence-electron chi connectivity index (χ3n) is 5.41. The largest absolute Gasteiger partial charge is 0.481 e. The Labute approximate surface area is 176 Å². The molecule has 30 heavy (non-hydrogen) atoms. The Balaban J connectivity index is 1.69. The quantitative estimate of drug-likeness (QED) is 0.366. The van der Waals surface area contributed by atoms with Crippen molar-refractivity contribution in [3.05, 3.63) is 83.9 Å². The van der Waals surface area contributed by atoms with Crippen molar-refractivity contribution in [2.24, 2.45) is 5.92 Å². The Kier molecular flexibility index (Phi) is 7.57. The summed E-state index contributed by atoms with van der Waals surface area (Å²) in [5.74, 6) is -1.64. The second kappa shape index (κ2) is 10.6. The average Bonchev–Trinajstić information content (AvgIpc) is 2.78. The van der Waals surface area contributed by atoms with Crippen molar-refractivity contribution >= 4 is 23.2 Å². The molecule has 0 saturated carbocycles. The molecule has 0 heterocycles. The Bertz CT molecular complexity index is 973. The second-order valence-electron chi connectivity index (χ2n) is 7.36. The lowest BCUT2D eigenvalue weighted by atomic mass is 9.90. The van der Waals surface area contributed by atoms with Crippen molar-refractivity contribution in [3.63, 3.8) is 0 Å². The Morgan fingerprint density at radius 2 is 1.70 bits per heavy atom. The van der Waals surface area contributed by atoms with Gasteiger partial charge in [-0.2, -0.15) is 0 Å². The third-order valence-corrected chi connectivity index (χ3v) is 5.41. The Morgan fingerprint density at radius 3 is 2.37 bits per heavy atom. The van der Waals surface area contributed by atoms with Crippen molar-refractivity contribution < 1.29 is 19.5 Å². The lowest BCUT2D eigenvalue weighted by Gasteiger charge is -2.31. The number of carbonyl (C=O) groups excluding carboxylic acids is 1. The van der Waals surface area contributed by atoms with Crippen LogP contribution in [0.4, 0.5) is 0 Å². The molecule has 3 aromatic carbocycles. The van der Waals surface area contributed by atoms with E-state index in [9.17, 15) is 14.7 Å². The molecule has 0 aliphatic carbocycles. The Hall–Kier alpha value is -3.18. The van der Waals surface area contributed by atoms with E-state index in [1.165, 1.54) is 5.06 Å². The number of carbonyl (C=O) groups is 2. The van der Waals surface area contributed by atoms with Gasteiger partial charge in [-0.1, -0.05) is 79.7 Å². The fraction of sp³-hybridized carbons (Fsp3) is 0.280. The number of aryl methyl sites for hydroxylation is 1. The van der Waals surface area contributed by atoms with Gasteiger partial charge in [0.25, 0.3) is 0 Å². The predicted molar refractivity (Wildman–Crippen MR) is 117 cm³/mol. The van der Waals surface area contributed by atoms with E-state index in [0.717, 1.165) is 21.9 Å². The SMILES string of the molecule is CC[C@H]([C@@H](CCc1ccc2ccccc2c1)C(=O)O)N(C=O)OCc1ccccc1. The lowest BCUT2D eigenvalue weighted by molar-refractivity contribution is -0.202. The van der Waals surface area contributed by atoms with Crippen LogP contribution in [0.25, 0.3) is 10.8 Å². The molecule has 0 saturated heterocycles. The number of aliphatic carboxylic acids is 1. The van der Waals surface area contributed by atoms with Gasteiger partial charge in [-0.15, -0.1) is 0 Å². The first kappa shape index (κ1) is 21.5. The number of hydrogen-bond donors (Lipinski definition) is 1. The van der Waals surface area contributed by atoms with Gasteiger partial charge in [0.1, 0.15) is 6.61 Å². The summed E-state index contributed by atoms with van der Waals surface area (Å²) in [5.41, 5.74) is 2.00. The van der Waals surface area contributed by atoms with E-state index in [0.29, 0.717) is 25.7 Å². The van der Waals surface area contributed by atoms with E-state index in [1.54, 1.807) is 0 Å². The van der Waals surface area contributed by atoms with Crippen molar-refractivity contribution in [1.82, 2.24) is 5.06 Å². The summed E-state index contributed by atoms with van der Waals surface area (Å²) in [6.45, 7) is 2.09. The molecule has 1 N–H and O–H groups in total. The first-order valence-corrected chi connectivity index (χ1v) is 10.2. The van der Waals surface area contributed by atoms with Crippen LogP contribution in [0, 0.1) is 5.92 Å². The molecule has 0 radical (unpaired) electrons. The topological polar surface area (TPSA) is 66.8 Å². The number of fused-ring (bicyclic) bond motifs is 1. The van der Waals surface area contributed by atoms with Gasteiger partial charge in [-0.05, 0) is 41.2 Å². The first-order chi connectivity index (χ1) is 14.6. The molecule has 3 rings (SSSR count). The number of nitrogens with zero attached hydrogens (tertiary/aromatic N) is 1. The van der Waals surface area contributed by atoms with Gasteiger partial charge in [0.15, 0.2) is 0 Å². The van der Waals surface area contributed by atoms with Crippen LogP contribution in [0.2, 0.25) is 0 Å². The van der Waals surface area contributed by atoms with Crippen LogP contribution in [-0.2, 0) is 27.5 Å². The smallest absolute Gasteiger partial charge is 0.308 e. The fourth-order valence-electron chi connectivity index (χ4n) is 3.77. The van der Waals surface area contributed by atoms with Crippen molar-refractivity contribution in [2.45, 2.75) is 38.8 Å². The van der Waals surface area contributed by atoms with Crippen molar-refractivity contribution in [2.75, 3.05) is 0 Å². The number of carboxylic acids is 1. The van der Waals surface area contributed by atoms with Crippen molar-refractivity contribution in [3.8, 4) is 0 Å². The average molecular weight is 405 g/mol. The minimum absolute atomic E-state index is 0.215. The van der Waals surface area contributed by atoms with Gasteiger partial charge in [-0.25, -0.2) is 5.06 Å². The molecule has 5 nitrogen and oxygen atoms in total. The minimum Gasteiger partial charge on any atom is -0.481 e. The number of rotatable bonds is 11. The molecule has 0 aliphatic rings. The molecule has 0 spiro atoms. The van der Waals surface area contributed by atoms with Gasteiger partial charge >= 0.3 is 5.97 Å². The summed E-state index contributed by atoms with van der Waals surface area (Å²) >= 11 is 0. The number of carboxylic acid groups (broad SMARTS) is 1. The summed E-state index contributed by atoms with van der Waals surface area (Å²) in [6.07, 6.45) is 2.11. The molecular formula is C25H27NO4. The summed E-state index contributed by atoms with van der Waals surface area (Å²) in [4.78, 5) is 29.4. The van der Waals surface area contributed by atoms with Crippen LogP contribution in [0.15, 0.2) is 72.8 Å². The van der Waals surface area contributed by atoms with Gasteiger partial charge in [-0.3, -0.25) is 14.4 Å². The maximum Gasteiger partial charge on any atom is 0.308 e. The molecule has 0 fully saturated rings. The van der Waals surface area contributed by atoms with E-state index in [-0.39, 0.29) is 6.61 Å². The molecule has 0 bridgehead atoms. The maximum absolute atomic E-state index is 12.0. The molecule has 156 valence electrons. The summed E-state index contributed by atoms with van der Waals surface area (Å²) < 4.78 is 0. The molecular weight excluding hydrogens is 378 g/mol. The van der Waals surface area contributed by atoms with E-state index in [2.05, 4.69) is 18.2 Å². The van der Waals surface area contributed by atoms with Crippen LogP contribution in [0.3, 0.4) is 0 Å². The third kappa shape index (κ3) is 5.45. The van der Waals surface area contributed by atoms with E-state index >= 15 is 0 Å². The number of hydroxylamine groups is 2. The van der Waals surface area contributed by atoms with Gasteiger partial charge in [0.2, 0.25) is 6.41 Å². The highest BCUT2D eigenvalue weighted by molar-refractivity contribution is 5.83. The lowest BCUT2D eigenvalue weighted by Crippen LogP contribution is -2.42. The van der Waals surface area contributed by atoms with Crippen LogP contribution in [-0.4, -0.2) is 28.6 Å². The monoisotopic (exact) mass is 405 g/mol. The highest BCUT2D eigenvalue weighted by Crippen LogP contribution is 2.23. The van der Waals surface area contributed by atoms with Crippen LogP contribution >= 0.6 is 0 Å². The molecule has 0 aliphatic heterocycles. The zero-order chi connectivity index (χ0) is 21.3. The molecule has 5 heteroatoms. The number of hydrogen-bond acceptors (Lipinski definition) is 3. The zero-order valence-corrected chi connectivity index (χ0v) is 17.1. The molecule has 1 amide bonds. The van der Waals surface area contributed by atoms with E-state index < -0.39 is 17.9 Å². The van der Waals surface area contributed by atoms with E-state index in [4.69, 9.17) is 4.84 Å². The zero-order valence-electron chi connectivity index (χ0n) is 17.1. The van der Waals surface area contributed by atoms with Crippen LogP contribution in [0.1, 0.15) is 30.9 Å². The molecule has 3 aromatic rings. The maximum atomic E-state index is 12.0. The summed E-state index contributed by atoms with van der Waals surface area (Å²) in [7, 11) is 0. The summed E-state index contributed by atoms with van der Waals surface area (Å²) in [5, 5.41) is 13.3. The highest BCUT2D eigenvalue weighted by atomic mass is 16.7. The van der Waals surface area contributed by atoms with Crippen molar-refractivity contribution in [1.29, 1.82) is 0 Å². The molecule has 0 aromatic heterocycles. The molecule has 0 unspecified atom stereocenters. The standard InChI is InChI=1S/C25H27NO4/c1-2-24(26(18-27)30-17-20-8-4-3-5-9-20)23(25(28)29)15-13-19-12-14-21-10-6-7-11-22(21)16-19/h3-12,14,16,18,23-24H,2,13,15,17H2,1H3,(H,28,29)/t23-,24-/m1/s1. The second-order valence-corrected chi connectivity index (χ2v) is 7.36. The predicted octanol–water partition coefficient (Wildman–Crippen LogP) is 4.84. The normalized spacial score (nSPS) is 13.0. The number of amides is 1. The van der Waals surface area contributed by atoms with Gasteiger partial charge in [0.05, 0.1) is 12.0 Å². The Morgan fingerprint density at radius 1 is 1.00 bits per heavy atom. The fourth-order valence-corrected chi connectivity index (χ4v) is 3.77. The van der Waals surface area contributed by atoms with E-state index in [1.807, 2.05) is 61.5 Å². The van der Waals surface area contributed by atoms with Gasteiger partial charge < -0.3 is 5.11 Å². The van der Waals surface area contributed by atoms with Crippen LogP contribution in [0.5, 0.6) is 0 Å². The first-order valence-electron chi connectivity index (χ1n) is 10.2. The molecule has 2 atom stereocenters. The minimum atomic E-state index is -0.919. The van der Waals surface area contributed by atoms with Gasteiger partial charge in [0, 0.05) is 0 Å². The number of benzene rings is 3. The summed E-state index contributed by atoms with van der Waals surface area (Å²) in [6, 6.07) is 23.2. The highest BCUT2D eigenvalue weighted by Gasteiger charge is 2.32. The van der Waals surface area contributed by atoms with Crippen LogP contribution < -0.4 is 0 Å².